The van der Waals surface area contributed by atoms with Crippen molar-refractivity contribution in [3.05, 3.63) is 60.7 Å². The van der Waals surface area contributed by atoms with Crippen LogP contribution in [0.1, 0.15) is 34.1 Å². The van der Waals surface area contributed by atoms with Crippen LogP contribution in [0.5, 0.6) is 0 Å². The lowest BCUT2D eigenvalue weighted by atomic mass is 10.1. The second-order valence-electron chi connectivity index (χ2n) is 7.49. The molecule has 126 valence electrons. The van der Waals surface area contributed by atoms with Crippen LogP contribution >= 0.6 is 0 Å². The Morgan fingerprint density at radius 3 is 1.79 bits per heavy atom. The van der Waals surface area contributed by atoms with Gasteiger partial charge in [0.1, 0.15) is 0 Å². The molecular weight excluding hydrogens is 308 g/mol. The first-order valence-corrected chi connectivity index (χ1v) is 10.5. The van der Waals surface area contributed by atoms with E-state index in [0.717, 1.165) is 6.42 Å². The molecule has 0 aliphatic heterocycles. The number of rotatable bonds is 6. The van der Waals surface area contributed by atoms with E-state index in [4.69, 9.17) is 10.8 Å². The Kier molecular flexibility index (Phi) is 6.04. The molecule has 0 amide bonds. The van der Waals surface area contributed by atoms with Crippen LogP contribution in [0.15, 0.2) is 60.7 Å². The third-order valence-electron chi connectivity index (χ3n) is 4.47. The molecule has 1 unspecified atom stereocenters. The molecule has 0 fully saturated rings. The summed E-state index contributed by atoms with van der Waals surface area (Å²) < 4.78 is 6.82. The normalized spacial score (nSPS) is 13.3. The standard InChI is InChI=1S/C22H28OSi/c1-6-13-19(2)18-23-24(22(3,4)5,20-14-9-7-10-15-20)21-16-11-8-12-17-21/h1,7-12,14-17,19H,13,18H2,2-5H3. The fourth-order valence-corrected chi connectivity index (χ4v) is 7.98. The van der Waals surface area contributed by atoms with Crippen LogP contribution in [0.3, 0.4) is 0 Å². The Hall–Kier alpha value is -1.82. The highest BCUT2D eigenvalue weighted by molar-refractivity contribution is 6.99. The predicted octanol–water partition coefficient (Wildman–Crippen LogP) is 4.22. The SMILES string of the molecule is C#CCC(C)CO[Si](c1ccccc1)(c1ccccc1)C(C)(C)C. The van der Waals surface area contributed by atoms with E-state index in [2.05, 4.69) is 94.3 Å². The molecular formula is C22H28OSi. The van der Waals surface area contributed by atoms with Gasteiger partial charge in [0, 0.05) is 13.0 Å². The zero-order valence-corrected chi connectivity index (χ0v) is 16.3. The average molecular weight is 337 g/mol. The lowest BCUT2D eigenvalue weighted by Gasteiger charge is -2.43. The molecule has 2 aromatic carbocycles. The van der Waals surface area contributed by atoms with E-state index in [1.165, 1.54) is 10.4 Å². The quantitative estimate of drug-likeness (QED) is 0.567. The fourth-order valence-electron chi connectivity index (χ4n) is 3.29. The van der Waals surface area contributed by atoms with E-state index in [-0.39, 0.29) is 5.04 Å². The van der Waals surface area contributed by atoms with Gasteiger partial charge in [-0.1, -0.05) is 88.4 Å². The number of hydrogen-bond donors (Lipinski definition) is 0. The van der Waals surface area contributed by atoms with Gasteiger partial charge in [-0.15, -0.1) is 12.3 Å². The fraction of sp³-hybridized carbons (Fsp3) is 0.364. The summed E-state index contributed by atoms with van der Waals surface area (Å²) in [5, 5.41) is 2.65. The molecule has 0 radical (unpaired) electrons. The van der Waals surface area contributed by atoms with Gasteiger partial charge in [0.05, 0.1) is 0 Å². The largest absolute Gasteiger partial charge is 0.407 e. The minimum atomic E-state index is -2.41. The smallest absolute Gasteiger partial charge is 0.261 e. The maximum Gasteiger partial charge on any atom is 0.261 e. The van der Waals surface area contributed by atoms with E-state index in [0.29, 0.717) is 12.5 Å². The molecule has 0 bridgehead atoms. The molecule has 0 aliphatic rings. The highest BCUT2D eigenvalue weighted by atomic mass is 28.4. The number of benzene rings is 2. The maximum absolute atomic E-state index is 6.82. The summed E-state index contributed by atoms with van der Waals surface area (Å²) in [4.78, 5) is 0. The van der Waals surface area contributed by atoms with Gasteiger partial charge in [-0.2, -0.15) is 0 Å². The van der Waals surface area contributed by atoms with Gasteiger partial charge in [-0.3, -0.25) is 0 Å². The van der Waals surface area contributed by atoms with Gasteiger partial charge < -0.3 is 4.43 Å². The minimum absolute atomic E-state index is 0.0194. The first kappa shape index (κ1) is 18.5. The van der Waals surface area contributed by atoms with Crippen molar-refractivity contribution >= 4 is 18.7 Å². The molecule has 1 atom stereocenters. The van der Waals surface area contributed by atoms with Crippen LogP contribution in [-0.4, -0.2) is 14.9 Å². The van der Waals surface area contributed by atoms with Crippen LogP contribution in [0, 0.1) is 18.3 Å². The molecule has 1 nitrogen and oxygen atoms in total. The zero-order valence-electron chi connectivity index (χ0n) is 15.3. The summed E-state index contributed by atoms with van der Waals surface area (Å²) in [5.74, 6) is 3.12. The molecule has 2 aromatic rings. The molecule has 0 aliphatic carbocycles. The molecule has 0 spiro atoms. The number of terminal acetylenes is 1. The average Bonchev–Trinajstić information content (AvgIpc) is 2.56. The minimum Gasteiger partial charge on any atom is -0.407 e. The van der Waals surface area contributed by atoms with Crippen LogP contribution in [0.4, 0.5) is 0 Å². The lowest BCUT2D eigenvalue weighted by molar-refractivity contribution is 0.247. The van der Waals surface area contributed by atoms with E-state index in [1.54, 1.807) is 0 Å². The molecule has 2 heteroatoms. The predicted molar refractivity (Wildman–Crippen MR) is 106 cm³/mol. The summed E-state index contributed by atoms with van der Waals surface area (Å²) in [6.45, 7) is 9.75. The van der Waals surface area contributed by atoms with Crippen LogP contribution in [-0.2, 0) is 4.43 Å². The third kappa shape index (κ3) is 3.80. The summed E-state index contributed by atoms with van der Waals surface area (Å²) in [5.41, 5.74) is 0. The number of hydrogen-bond acceptors (Lipinski definition) is 1. The first-order valence-electron chi connectivity index (χ1n) is 8.60. The van der Waals surface area contributed by atoms with Crippen molar-refractivity contribution in [3.8, 4) is 12.3 Å². The third-order valence-corrected chi connectivity index (χ3v) is 9.47. The Morgan fingerprint density at radius 2 is 1.42 bits per heavy atom. The topological polar surface area (TPSA) is 9.23 Å². The lowest BCUT2D eigenvalue weighted by Crippen LogP contribution is -2.66. The Morgan fingerprint density at radius 1 is 0.958 bits per heavy atom. The van der Waals surface area contributed by atoms with E-state index < -0.39 is 8.32 Å². The van der Waals surface area contributed by atoms with Crippen LogP contribution in [0.2, 0.25) is 5.04 Å². The molecule has 0 N–H and O–H groups in total. The van der Waals surface area contributed by atoms with Crippen LogP contribution in [0.25, 0.3) is 0 Å². The second-order valence-corrected chi connectivity index (χ2v) is 11.8. The molecule has 0 aromatic heterocycles. The summed E-state index contributed by atoms with van der Waals surface area (Å²) in [7, 11) is -2.41. The Bertz CT molecular complexity index is 625. The van der Waals surface area contributed by atoms with Gasteiger partial charge >= 0.3 is 0 Å². The van der Waals surface area contributed by atoms with Crippen molar-refractivity contribution in [2.75, 3.05) is 6.61 Å². The van der Waals surface area contributed by atoms with Gasteiger partial charge in [-0.25, -0.2) is 0 Å². The highest BCUT2D eigenvalue weighted by Gasteiger charge is 2.50. The zero-order chi connectivity index (χ0) is 17.6. The van der Waals surface area contributed by atoms with Gasteiger partial charge in [-0.05, 0) is 21.3 Å². The van der Waals surface area contributed by atoms with E-state index in [9.17, 15) is 0 Å². The molecule has 0 saturated carbocycles. The van der Waals surface area contributed by atoms with Gasteiger partial charge in [0.2, 0.25) is 0 Å². The molecule has 0 heterocycles. The van der Waals surface area contributed by atoms with Crippen molar-refractivity contribution in [1.82, 2.24) is 0 Å². The Labute approximate surface area is 148 Å². The van der Waals surface area contributed by atoms with E-state index >= 15 is 0 Å². The van der Waals surface area contributed by atoms with Crippen molar-refractivity contribution in [1.29, 1.82) is 0 Å². The summed E-state index contributed by atoms with van der Waals surface area (Å²) in [6, 6.07) is 21.5. The van der Waals surface area contributed by atoms with Gasteiger partial charge in [0.15, 0.2) is 0 Å². The van der Waals surface area contributed by atoms with Gasteiger partial charge in [0.25, 0.3) is 8.32 Å². The maximum atomic E-state index is 6.82. The summed E-state index contributed by atoms with van der Waals surface area (Å²) >= 11 is 0. The van der Waals surface area contributed by atoms with Crippen molar-refractivity contribution in [3.63, 3.8) is 0 Å². The monoisotopic (exact) mass is 336 g/mol. The first-order chi connectivity index (χ1) is 11.4. The molecule has 24 heavy (non-hydrogen) atoms. The van der Waals surface area contributed by atoms with Crippen molar-refractivity contribution in [2.45, 2.75) is 39.2 Å². The molecule has 2 rings (SSSR count). The summed E-state index contributed by atoms with van der Waals surface area (Å²) in [6.07, 6.45) is 6.23. The van der Waals surface area contributed by atoms with Crippen molar-refractivity contribution < 1.29 is 4.43 Å². The Balaban J connectivity index is 2.56. The van der Waals surface area contributed by atoms with Crippen molar-refractivity contribution in [2.24, 2.45) is 5.92 Å². The van der Waals surface area contributed by atoms with E-state index in [1.807, 2.05) is 0 Å². The van der Waals surface area contributed by atoms with Crippen LogP contribution < -0.4 is 10.4 Å². The second kappa shape index (κ2) is 7.83. The highest BCUT2D eigenvalue weighted by Crippen LogP contribution is 2.37. The molecule has 0 saturated heterocycles.